The van der Waals surface area contributed by atoms with Gasteiger partial charge >= 0.3 is 6.55 Å². The van der Waals surface area contributed by atoms with Gasteiger partial charge in [0.1, 0.15) is 18.0 Å². The van der Waals surface area contributed by atoms with Crippen LogP contribution in [-0.2, 0) is 7.05 Å². The van der Waals surface area contributed by atoms with E-state index in [4.69, 9.17) is 0 Å². The Balaban J connectivity index is 1.38. The number of alkyl halides is 2. The predicted octanol–water partition coefficient (Wildman–Crippen LogP) is 2.99. The average Bonchev–Trinajstić information content (AvgIpc) is 3.34. The number of anilines is 1. The summed E-state index contributed by atoms with van der Waals surface area (Å²) >= 11 is 0. The Labute approximate surface area is 171 Å². The highest BCUT2D eigenvalue weighted by Crippen LogP contribution is 2.31. The predicted molar refractivity (Wildman–Crippen MR) is 109 cm³/mol. The van der Waals surface area contributed by atoms with E-state index >= 15 is 0 Å². The third kappa shape index (κ3) is 2.98. The minimum absolute atomic E-state index is 0.225. The Morgan fingerprint density at radius 2 is 1.80 bits per heavy atom. The summed E-state index contributed by atoms with van der Waals surface area (Å²) < 4.78 is 30.4. The molecule has 4 aromatic rings. The van der Waals surface area contributed by atoms with E-state index in [1.54, 1.807) is 35.4 Å². The fraction of sp³-hybridized carbons (Fsp3) is 0.400. The molecule has 1 aromatic carbocycles. The van der Waals surface area contributed by atoms with Crippen LogP contribution in [0.15, 0.2) is 36.8 Å². The van der Waals surface area contributed by atoms with Gasteiger partial charge in [-0.15, -0.1) is 0 Å². The first-order valence-electron chi connectivity index (χ1n) is 9.91. The van der Waals surface area contributed by atoms with E-state index in [1.165, 1.54) is 0 Å². The van der Waals surface area contributed by atoms with E-state index in [2.05, 4.69) is 29.9 Å². The number of benzene rings is 1. The summed E-state index contributed by atoms with van der Waals surface area (Å²) in [4.78, 5) is 17.7. The number of fused-ring (bicyclic) bond motifs is 2. The molecule has 0 amide bonds. The van der Waals surface area contributed by atoms with Crippen molar-refractivity contribution in [3.63, 3.8) is 0 Å². The van der Waals surface area contributed by atoms with Gasteiger partial charge in [-0.3, -0.25) is 14.1 Å². The molecule has 0 spiro atoms. The number of para-hydroxylation sites is 2. The van der Waals surface area contributed by atoms with Gasteiger partial charge in [0.15, 0.2) is 5.65 Å². The van der Waals surface area contributed by atoms with Crippen molar-refractivity contribution in [3.05, 3.63) is 42.6 Å². The van der Waals surface area contributed by atoms with Gasteiger partial charge < -0.3 is 4.90 Å². The zero-order valence-electron chi connectivity index (χ0n) is 16.8. The molecule has 3 aromatic heterocycles. The van der Waals surface area contributed by atoms with Crippen LogP contribution >= 0.6 is 0 Å². The highest BCUT2D eigenvalue weighted by molar-refractivity contribution is 5.86. The lowest BCUT2D eigenvalue weighted by atomic mass is 10.2. The summed E-state index contributed by atoms with van der Waals surface area (Å²) in [6.45, 7) is 2.23. The van der Waals surface area contributed by atoms with Crippen molar-refractivity contribution >= 4 is 27.9 Å². The van der Waals surface area contributed by atoms with E-state index in [0.717, 1.165) is 47.6 Å². The second-order valence-corrected chi connectivity index (χ2v) is 7.51. The fourth-order valence-corrected chi connectivity index (χ4v) is 4.25. The highest BCUT2D eigenvalue weighted by atomic mass is 19.3. The van der Waals surface area contributed by atoms with Crippen molar-refractivity contribution in [3.8, 4) is 0 Å². The van der Waals surface area contributed by atoms with Gasteiger partial charge in [-0.25, -0.2) is 15.0 Å². The molecule has 4 heterocycles. The first kappa shape index (κ1) is 18.9. The minimum atomic E-state index is -2.63. The Bertz CT molecular complexity index is 1190. The summed E-state index contributed by atoms with van der Waals surface area (Å²) in [5.41, 5.74) is 1.85. The zero-order chi connectivity index (χ0) is 20.8. The lowest BCUT2D eigenvalue weighted by Gasteiger charge is -2.38. The molecule has 0 aliphatic carbocycles. The van der Waals surface area contributed by atoms with Gasteiger partial charge in [0.05, 0.1) is 28.7 Å². The molecule has 30 heavy (non-hydrogen) atoms. The number of nitrogens with zero attached hydrogens (tertiary/aromatic N) is 8. The van der Waals surface area contributed by atoms with E-state index in [0.29, 0.717) is 16.9 Å². The van der Waals surface area contributed by atoms with Crippen molar-refractivity contribution in [2.45, 2.75) is 19.5 Å². The third-order valence-corrected chi connectivity index (χ3v) is 5.86. The molecule has 0 bridgehead atoms. The molecule has 156 valence electrons. The average molecular weight is 412 g/mol. The quantitative estimate of drug-likeness (QED) is 0.513. The number of imidazole rings is 1. The maximum Gasteiger partial charge on any atom is 0.320 e. The van der Waals surface area contributed by atoms with Crippen molar-refractivity contribution < 1.29 is 8.78 Å². The summed E-state index contributed by atoms with van der Waals surface area (Å²) in [5.74, 6) is 1.26. The molecule has 10 heteroatoms. The van der Waals surface area contributed by atoms with Crippen molar-refractivity contribution in [1.29, 1.82) is 0 Å². The number of aromatic nitrogens is 6. The van der Waals surface area contributed by atoms with E-state index in [9.17, 15) is 8.78 Å². The van der Waals surface area contributed by atoms with Crippen LogP contribution in [-0.4, -0.2) is 60.4 Å². The van der Waals surface area contributed by atoms with Crippen LogP contribution in [0.3, 0.4) is 0 Å². The Morgan fingerprint density at radius 1 is 1.03 bits per heavy atom. The molecule has 5 rings (SSSR count). The molecule has 0 radical (unpaired) electrons. The normalized spacial score (nSPS) is 16.8. The molecule has 1 saturated heterocycles. The zero-order valence-corrected chi connectivity index (χ0v) is 16.8. The molecule has 8 nitrogen and oxygen atoms in total. The van der Waals surface area contributed by atoms with Crippen LogP contribution in [0.25, 0.3) is 22.1 Å². The van der Waals surface area contributed by atoms with Crippen LogP contribution in [0.4, 0.5) is 14.6 Å². The lowest BCUT2D eigenvalue weighted by molar-refractivity contribution is 0.0641. The van der Waals surface area contributed by atoms with Crippen LogP contribution in [0.2, 0.25) is 0 Å². The van der Waals surface area contributed by atoms with Crippen LogP contribution < -0.4 is 4.90 Å². The SMILES string of the molecule is C[C@H](c1nc2ccccc2n1C(F)F)N1CCN(c2ncnc3c2cnn3C)CC1. The maximum absolute atomic E-state index is 13.8. The molecule has 1 atom stereocenters. The smallest absolute Gasteiger partial charge is 0.320 e. The van der Waals surface area contributed by atoms with Crippen LogP contribution in [0.5, 0.6) is 0 Å². The topological polar surface area (TPSA) is 67.9 Å². The second-order valence-electron chi connectivity index (χ2n) is 7.51. The van der Waals surface area contributed by atoms with E-state index < -0.39 is 6.55 Å². The van der Waals surface area contributed by atoms with Gasteiger partial charge in [-0.1, -0.05) is 12.1 Å². The Morgan fingerprint density at radius 3 is 2.57 bits per heavy atom. The molecule has 0 saturated carbocycles. The van der Waals surface area contributed by atoms with Gasteiger partial charge in [0.2, 0.25) is 0 Å². The summed E-state index contributed by atoms with van der Waals surface area (Å²) in [7, 11) is 1.85. The van der Waals surface area contributed by atoms with Crippen molar-refractivity contribution in [2.24, 2.45) is 7.05 Å². The van der Waals surface area contributed by atoms with Gasteiger partial charge in [0, 0.05) is 33.2 Å². The molecular weight excluding hydrogens is 390 g/mol. The van der Waals surface area contributed by atoms with Gasteiger partial charge in [-0.2, -0.15) is 13.9 Å². The fourth-order valence-electron chi connectivity index (χ4n) is 4.25. The number of piperazine rings is 1. The van der Waals surface area contributed by atoms with Crippen LogP contribution in [0, 0.1) is 0 Å². The molecule has 1 fully saturated rings. The number of hydrogen-bond acceptors (Lipinski definition) is 6. The summed E-state index contributed by atoms with van der Waals surface area (Å²) in [6.07, 6.45) is 3.34. The molecule has 1 aliphatic heterocycles. The number of halogens is 2. The van der Waals surface area contributed by atoms with Crippen molar-refractivity contribution in [2.75, 3.05) is 31.1 Å². The Hall–Kier alpha value is -3.14. The standard InChI is InChI=1S/C20H22F2N8/c1-13(17-26-15-5-3-4-6-16(15)30(17)20(21)22)28-7-9-29(10-8-28)19-14-11-25-27(2)18(14)23-12-24-19/h3-6,11-13,20H,7-10H2,1-2H3/t13-/m1/s1. The monoisotopic (exact) mass is 412 g/mol. The number of hydrogen-bond donors (Lipinski definition) is 0. The summed E-state index contributed by atoms with van der Waals surface area (Å²) in [6, 6.07) is 6.82. The lowest BCUT2D eigenvalue weighted by Crippen LogP contribution is -2.48. The summed E-state index contributed by atoms with van der Waals surface area (Å²) in [5, 5.41) is 5.19. The first-order chi connectivity index (χ1) is 14.5. The molecule has 1 aliphatic rings. The van der Waals surface area contributed by atoms with Crippen LogP contribution in [0.1, 0.15) is 25.3 Å². The second kappa shape index (κ2) is 7.28. The Kier molecular flexibility index (Phi) is 4.58. The largest absolute Gasteiger partial charge is 0.353 e. The number of rotatable bonds is 4. The highest BCUT2D eigenvalue weighted by Gasteiger charge is 2.29. The molecule has 0 unspecified atom stereocenters. The maximum atomic E-state index is 13.8. The van der Waals surface area contributed by atoms with Gasteiger partial charge in [0.25, 0.3) is 0 Å². The van der Waals surface area contributed by atoms with E-state index in [1.807, 2.05) is 20.0 Å². The third-order valence-electron chi connectivity index (χ3n) is 5.86. The molecule has 0 N–H and O–H groups in total. The first-order valence-corrected chi connectivity index (χ1v) is 9.91. The molecular formula is C20H22F2N8. The number of aryl methyl sites for hydroxylation is 1. The van der Waals surface area contributed by atoms with E-state index in [-0.39, 0.29) is 6.04 Å². The minimum Gasteiger partial charge on any atom is -0.353 e. The van der Waals surface area contributed by atoms with Crippen molar-refractivity contribution in [1.82, 2.24) is 34.2 Å². The van der Waals surface area contributed by atoms with Gasteiger partial charge in [-0.05, 0) is 19.1 Å².